The van der Waals surface area contributed by atoms with Crippen molar-refractivity contribution in [2.75, 3.05) is 26.7 Å². The van der Waals surface area contributed by atoms with Gasteiger partial charge in [-0.2, -0.15) is 0 Å². The third kappa shape index (κ3) is 3.28. The Labute approximate surface area is 142 Å². The predicted molar refractivity (Wildman–Crippen MR) is 91.7 cm³/mol. The topological polar surface area (TPSA) is 61.5 Å². The summed E-state index contributed by atoms with van der Waals surface area (Å²) in [6, 6.07) is 7.93. The van der Waals surface area contributed by atoms with E-state index in [-0.39, 0.29) is 11.9 Å². The molecule has 3 rings (SSSR count). The van der Waals surface area contributed by atoms with Crippen LogP contribution in [0.5, 0.6) is 5.75 Å². The van der Waals surface area contributed by atoms with Gasteiger partial charge in [-0.15, -0.1) is 0 Å². The van der Waals surface area contributed by atoms with E-state index in [9.17, 15) is 4.79 Å². The first-order valence-corrected chi connectivity index (χ1v) is 8.21. The van der Waals surface area contributed by atoms with Gasteiger partial charge in [0.25, 0.3) is 0 Å². The molecule has 6 nitrogen and oxygen atoms in total. The summed E-state index contributed by atoms with van der Waals surface area (Å²) in [7, 11) is 1.67. The average molecular weight is 328 g/mol. The van der Waals surface area contributed by atoms with Crippen molar-refractivity contribution in [3.8, 4) is 5.75 Å². The lowest BCUT2D eigenvalue weighted by atomic mass is 10.0. The summed E-state index contributed by atoms with van der Waals surface area (Å²) < 4.78 is 5.51. The standard InChI is InChI=1S/C18H24N4O2/c1-13-16(20-12-19-13)10-21-8-9-22(14(2)23)17(11-21)15-6-4-5-7-18(15)24-3/h4-7,12,17H,8-11H2,1-3H3,(H,19,20)/t17-/m1/s1. The van der Waals surface area contributed by atoms with Crippen LogP contribution in [0.1, 0.15) is 29.9 Å². The normalized spacial score (nSPS) is 18.6. The molecule has 2 aromatic rings. The van der Waals surface area contributed by atoms with Gasteiger partial charge in [0.15, 0.2) is 0 Å². The third-order valence-electron chi connectivity index (χ3n) is 4.67. The maximum atomic E-state index is 12.1. The summed E-state index contributed by atoms with van der Waals surface area (Å²) in [4.78, 5) is 23.9. The number of nitrogens with zero attached hydrogens (tertiary/aromatic N) is 3. The molecule has 1 amide bonds. The lowest BCUT2D eigenvalue weighted by Crippen LogP contribution is -2.49. The smallest absolute Gasteiger partial charge is 0.220 e. The number of piperazine rings is 1. The van der Waals surface area contributed by atoms with Crippen molar-refractivity contribution in [1.82, 2.24) is 19.8 Å². The molecular weight excluding hydrogens is 304 g/mol. The summed E-state index contributed by atoms with van der Waals surface area (Å²) in [5.74, 6) is 0.924. The van der Waals surface area contributed by atoms with Crippen molar-refractivity contribution in [2.45, 2.75) is 26.4 Å². The molecule has 0 saturated carbocycles. The number of aromatic nitrogens is 2. The first kappa shape index (κ1) is 16.5. The Morgan fingerprint density at radius 1 is 1.38 bits per heavy atom. The van der Waals surface area contributed by atoms with Crippen LogP contribution in [0.15, 0.2) is 30.6 Å². The summed E-state index contributed by atoms with van der Waals surface area (Å²) in [6.07, 6.45) is 1.73. The van der Waals surface area contributed by atoms with E-state index in [2.05, 4.69) is 14.9 Å². The largest absolute Gasteiger partial charge is 0.496 e. The number of H-pyrrole nitrogens is 1. The van der Waals surface area contributed by atoms with Gasteiger partial charge < -0.3 is 14.6 Å². The highest BCUT2D eigenvalue weighted by atomic mass is 16.5. The van der Waals surface area contributed by atoms with E-state index in [1.165, 1.54) is 0 Å². The number of methoxy groups -OCH3 is 1. The van der Waals surface area contributed by atoms with Crippen molar-refractivity contribution >= 4 is 5.91 Å². The minimum Gasteiger partial charge on any atom is -0.496 e. The number of aromatic amines is 1. The van der Waals surface area contributed by atoms with Gasteiger partial charge in [0.1, 0.15) is 5.75 Å². The van der Waals surface area contributed by atoms with Gasteiger partial charge in [0, 0.05) is 44.4 Å². The summed E-state index contributed by atoms with van der Waals surface area (Å²) >= 11 is 0. The predicted octanol–water partition coefficient (Wildman–Crippen LogP) is 2.13. The van der Waals surface area contributed by atoms with Gasteiger partial charge in [0.2, 0.25) is 5.91 Å². The van der Waals surface area contributed by atoms with E-state index < -0.39 is 0 Å². The second-order valence-electron chi connectivity index (χ2n) is 6.18. The molecule has 24 heavy (non-hydrogen) atoms. The van der Waals surface area contributed by atoms with Gasteiger partial charge in [-0.1, -0.05) is 18.2 Å². The van der Waals surface area contributed by atoms with Crippen molar-refractivity contribution in [3.05, 3.63) is 47.5 Å². The number of carbonyl (C=O) groups is 1. The second kappa shape index (κ2) is 7.05. The van der Waals surface area contributed by atoms with E-state index in [1.807, 2.05) is 36.1 Å². The van der Waals surface area contributed by atoms with Crippen LogP contribution >= 0.6 is 0 Å². The van der Waals surface area contributed by atoms with Gasteiger partial charge in [-0.05, 0) is 13.0 Å². The van der Waals surface area contributed by atoms with Gasteiger partial charge in [0.05, 0.1) is 25.2 Å². The van der Waals surface area contributed by atoms with E-state index >= 15 is 0 Å². The molecule has 1 N–H and O–H groups in total. The highest BCUT2D eigenvalue weighted by molar-refractivity contribution is 5.74. The zero-order valence-electron chi connectivity index (χ0n) is 14.5. The van der Waals surface area contributed by atoms with Crippen molar-refractivity contribution in [1.29, 1.82) is 0 Å². The number of hydrogen-bond acceptors (Lipinski definition) is 4. The summed E-state index contributed by atoms with van der Waals surface area (Å²) in [6.45, 7) is 6.78. The van der Waals surface area contributed by atoms with Crippen LogP contribution in [0.3, 0.4) is 0 Å². The fraction of sp³-hybridized carbons (Fsp3) is 0.444. The lowest BCUT2D eigenvalue weighted by Gasteiger charge is -2.41. The van der Waals surface area contributed by atoms with E-state index in [0.29, 0.717) is 6.54 Å². The number of hydrogen-bond donors (Lipinski definition) is 1. The molecule has 1 aliphatic rings. The molecule has 1 aromatic carbocycles. The SMILES string of the molecule is COc1ccccc1[C@H]1CN(Cc2nc[nH]c2C)CCN1C(C)=O. The minimum atomic E-state index is -0.00773. The van der Waals surface area contributed by atoms with E-state index in [1.54, 1.807) is 20.4 Å². The monoisotopic (exact) mass is 328 g/mol. The molecule has 0 spiro atoms. The van der Waals surface area contributed by atoms with Crippen LogP contribution in [-0.4, -0.2) is 52.4 Å². The second-order valence-corrected chi connectivity index (χ2v) is 6.18. The highest BCUT2D eigenvalue weighted by Gasteiger charge is 2.31. The highest BCUT2D eigenvalue weighted by Crippen LogP contribution is 2.32. The molecule has 0 radical (unpaired) electrons. The molecule has 1 saturated heterocycles. The Morgan fingerprint density at radius 2 is 2.17 bits per heavy atom. The number of benzene rings is 1. The van der Waals surface area contributed by atoms with Crippen LogP contribution < -0.4 is 4.74 Å². The average Bonchev–Trinajstić information content (AvgIpc) is 2.99. The van der Waals surface area contributed by atoms with Gasteiger partial charge in [-0.3, -0.25) is 9.69 Å². The Morgan fingerprint density at radius 3 is 2.83 bits per heavy atom. The Kier molecular flexibility index (Phi) is 4.85. The van der Waals surface area contributed by atoms with E-state index in [4.69, 9.17) is 4.74 Å². The maximum absolute atomic E-state index is 12.1. The van der Waals surface area contributed by atoms with Crippen molar-refractivity contribution < 1.29 is 9.53 Å². The van der Waals surface area contributed by atoms with Crippen LogP contribution in [0.2, 0.25) is 0 Å². The first-order chi connectivity index (χ1) is 11.6. The van der Waals surface area contributed by atoms with Crippen LogP contribution in [0.25, 0.3) is 0 Å². The number of imidazole rings is 1. The number of amides is 1. The maximum Gasteiger partial charge on any atom is 0.220 e. The third-order valence-corrected chi connectivity index (χ3v) is 4.67. The summed E-state index contributed by atoms with van der Waals surface area (Å²) in [5, 5.41) is 0. The number of ether oxygens (including phenoxy) is 1. The molecule has 2 heterocycles. The number of nitrogens with one attached hydrogen (secondary N) is 1. The molecule has 1 aromatic heterocycles. The summed E-state index contributed by atoms with van der Waals surface area (Å²) in [5.41, 5.74) is 3.21. The number of para-hydroxylation sites is 1. The molecule has 0 unspecified atom stereocenters. The lowest BCUT2D eigenvalue weighted by molar-refractivity contribution is -0.134. The first-order valence-electron chi connectivity index (χ1n) is 8.21. The minimum absolute atomic E-state index is 0.00773. The van der Waals surface area contributed by atoms with Crippen molar-refractivity contribution in [3.63, 3.8) is 0 Å². The molecule has 1 atom stereocenters. The molecule has 0 bridgehead atoms. The number of rotatable bonds is 4. The Bertz CT molecular complexity index is 713. The molecule has 1 fully saturated rings. The molecular formula is C18H24N4O2. The number of carbonyl (C=O) groups excluding carboxylic acids is 1. The molecule has 128 valence electrons. The molecule has 1 aliphatic heterocycles. The number of aryl methyl sites for hydroxylation is 1. The zero-order chi connectivity index (χ0) is 17.1. The van der Waals surface area contributed by atoms with E-state index in [0.717, 1.165) is 42.3 Å². The fourth-order valence-electron chi connectivity index (χ4n) is 3.33. The van der Waals surface area contributed by atoms with Gasteiger partial charge in [-0.25, -0.2) is 4.98 Å². The Hall–Kier alpha value is -2.34. The molecule has 0 aliphatic carbocycles. The van der Waals surface area contributed by atoms with Crippen molar-refractivity contribution in [2.24, 2.45) is 0 Å². The Balaban J connectivity index is 1.85. The van der Waals surface area contributed by atoms with Crippen LogP contribution in [-0.2, 0) is 11.3 Å². The molecule has 6 heteroatoms. The zero-order valence-corrected chi connectivity index (χ0v) is 14.5. The van der Waals surface area contributed by atoms with Crippen LogP contribution in [0.4, 0.5) is 0 Å². The fourth-order valence-corrected chi connectivity index (χ4v) is 3.33. The van der Waals surface area contributed by atoms with Gasteiger partial charge >= 0.3 is 0 Å². The quantitative estimate of drug-likeness (QED) is 0.934. The van der Waals surface area contributed by atoms with Crippen LogP contribution in [0, 0.1) is 6.92 Å².